The van der Waals surface area contributed by atoms with Crippen LogP contribution in [-0.2, 0) is 4.74 Å². The first-order chi connectivity index (χ1) is 10.1. The fourth-order valence-corrected chi connectivity index (χ4v) is 1.72. The van der Waals surface area contributed by atoms with Crippen LogP contribution in [0, 0.1) is 17.7 Å². The molecule has 0 aliphatic heterocycles. The zero-order valence-corrected chi connectivity index (χ0v) is 11.6. The zero-order valence-electron chi connectivity index (χ0n) is 11.6. The predicted molar refractivity (Wildman–Crippen MR) is 76.7 cm³/mol. The summed E-state index contributed by atoms with van der Waals surface area (Å²) in [5.74, 6) is 5.39. The number of carbonyl (C=O) groups excluding carboxylic acids is 1. The Morgan fingerprint density at radius 1 is 1.05 bits per heavy atom. The van der Waals surface area contributed by atoms with Gasteiger partial charge in [-0.1, -0.05) is 11.8 Å². The quantitative estimate of drug-likeness (QED) is 0.628. The van der Waals surface area contributed by atoms with E-state index in [-0.39, 0.29) is 11.1 Å². The molecule has 21 heavy (non-hydrogen) atoms. The third-order valence-electron chi connectivity index (χ3n) is 2.82. The van der Waals surface area contributed by atoms with Gasteiger partial charge in [0.15, 0.2) is 0 Å². The SMILES string of the molecule is COC(=O)c1ccc(F)cc1C#Cc1ccc(OC)cc1. The molecule has 0 aliphatic carbocycles. The molecular weight excluding hydrogens is 271 g/mol. The van der Waals surface area contributed by atoms with Gasteiger partial charge in [-0.05, 0) is 42.5 Å². The summed E-state index contributed by atoms with van der Waals surface area (Å²) in [6.45, 7) is 0. The maximum absolute atomic E-state index is 13.3. The molecule has 0 saturated carbocycles. The Balaban J connectivity index is 2.36. The van der Waals surface area contributed by atoms with E-state index in [9.17, 15) is 9.18 Å². The van der Waals surface area contributed by atoms with Crippen LogP contribution in [0.5, 0.6) is 5.75 Å². The lowest BCUT2D eigenvalue weighted by atomic mass is 10.1. The van der Waals surface area contributed by atoms with Gasteiger partial charge in [0.05, 0.1) is 19.8 Å². The third kappa shape index (κ3) is 3.61. The van der Waals surface area contributed by atoms with Gasteiger partial charge in [-0.3, -0.25) is 0 Å². The Bertz CT molecular complexity index is 709. The highest BCUT2D eigenvalue weighted by Crippen LogP contribution is 2.13. The lowest BCUT2D eigenvalue weighted by Crippen LogP contribution is -2.04. The van der Waals surface area contributed by atoms with E-state index in [4.69, 9.17) is 4.74 Å². The summed E-state index contributed by atoms with van der Waals surface area (Å²) >= 11 is 0. The highest BCUT2D eigenvalue weighted by Gasteiger charge is 2.10. The van der Waals surface area contributed by atoms with E-state index >= 15 is 0 Å². The van der Waals surface area contributed by atoms with E-state index in [1.54, 1.807) is 31.4 Å². The molecule has 0 aliphatic rings. The van der Waals surface area contributed by atoms with E-state index in [1.165, 1.54) is 25.3 Å². The molecule has 0 fully saturated rings. The van der Waals surface area contributed by atoms with Crippen molar-refractivity contribution in [3.63, 3.8) is 0 Å². The molecule has 0 atom stereocenters. The lowest BCUT2D eigenvalue weighted by molar-refractivity contribution is 0.0600. The van der Waals surface area contributed by atoms with Gasteiger partial charge >= 0.3 is 5.97 Å². The molecule has 106 valence electrons. The van der Waals surface area contributed by atoms with Crippen molar-refractivity contribution in [3.05, 3.63) is 65.0 Å². The Labute approximate surface area is 122 Å². The van der Waals surface area contributed by atoms with Crippen LogP contribution in [0.1, 0.15) is 21.5 Å². The minimum absolute atomic E-state index is 0.236. The third-order valence-corrected chi connectivity index (χ3v) is 2.82. The van der Waals surface area contributed by atoms with Gasteiger partial charge < -0.3 is 9.47 Å². The van der Waals surface area contributed by atoms with Crippen LogP contribution in [0.3, 0.4) is 0 Å². The van der Waals surface area contributed by atoms with Crippen LogP contribution in [0.2, 0.25) is 0 Å². The van der Waals surface area contributed by atoms with Gasteiger partial charge in [-0.2, -0.15) is 0 Å². The molecule has 2 aromatic carbocycles. The molecule has 0 saturated heterocycles. The maximum Gasteiger partial charge on any atom is 0.339 e. The van der Waals surface area contributed by atoms with Crippen LogP contribution < -0.4 is 4.74 Å². The number of esters is 1. The van der Waals surface area contributed by atoms with Crippen molar-refractivity contribution in [1.82, 2.24) is 0 Å². The van der Waals surface area contributed by atoms with Crippen molar-refractivity contribution >= 4 is 5.97 Å². The number of carbonyl (C=O) groups is 1. The fraction of sp³-hybridized carbons (Fsp3) is 0.118. The molecule has 4 heteroatoms. The van der Waals surface area contributed by atoms with Crippen molar-refractivity contribution in [1.29, 1.82) is 0 Å². The topological polar surface area (TPSA) is 35.5 Å². The molecule has 0 spiro atoms. The second kappa shape index (κ2) is 6.58. The Morgan fingerprint density at radius 2 is 1.76 bits per heavy atom. The molecule has 0 heterocycles. The number of halogens is 1. The van der Waals surface area contributed by atoms with Crippen molar-refractivity contribution in [2.45, 2.75) is 0 Å². The van der Waals surface area contributed by atoms with E-state index in [0.717, 1.165) is 11.3 Å². The van der Waals surface area contributed by atoms with E-state index in [2.05, 4.69) is 16.6 Å². The van der Waals surface area contributed by atoms with Crippen molar-refractivity contribution in [2.24, 2.45) is 0 Å². The van der Waals surface area contributed by atoms with E-state index in [0.29, 0.717) is 0 Å². The highest BCUT2D eigenvalue weighted by molar-refractivity contribution is 5.92. The summed E-state index contributed by atoms with van der Waals surface area (Å²) in [5, 5.41) is 0. The first-order valence-electron chi connectivity index (χ1n) is 6.18. The standard InChI is InChI=1S/C17H13FO3/c1-20-15-8-4-12(5-9-15)3-6-13-11-14(18)7-10-16(13)17(19)21-2/h4-5,7-11H,1-2H3. The molecule has 0 unspecified atom stereocenters. The van der Waals surface area contributed by atoms with Gasteiger partial charge in [0, 0.05) is 11.1 Å². The summed E-state index contributed by atoms with van der Waals surface area (Å²) in [6.07, 6.45) is 0. The minimum atomic E-state index is -0.547. The van der Waals surface area contributed by atoms with E-state index in [1.807, 2.05) is 0 Å². The molecule has 0 N–H and O–H groups in total. The van der Waals surface area contributed by atoms with Crippen LogP contribution in [-0.4, -0.2) is 20.2 Å². The lowest BCUT2D eigenvalue weighted by Gasteiger charge is -2.02. The van der Waals surface area contributed by atoms with E-state index < -0.39 is 11.8 Å². The van der Waals surface area contributed by atoms with Crippen molar-refractivity contribution in [3.8, 4) is 17.6 Å². The van der Waals surface area contributed by atoms with Crippen LogP contribution in [0.4, 0.5) is 4.39 Å². The molecule has 0 aromatic heterocycles. The Kier molecular flexibility index (Phi) is 4.57. The highest BCUT2D eigenvalue weighted by atomic mass is 19.1. The molecule has 3 nitrogen and oxygen atoms in total. The number of methoxy groups -OCH3 is 2. The second-order valence-corrected chi connectivity index (χ2v) is 4.16. The Morgan fingerprint density at radius 3 is 2.38 bits per heavy atom. The molecule has 0 bridgehead atoms. The summed E-state index contributed by atoms with van der Waals surface area (Å²) in [7, 11) is 2.85. The summed E-state index contributed by atoms with van der Waals surface area (Å²) in [5.41, 5.74) is 1.26. The van der Waals surface area contributed by atoms with Gasteiger partial charge in [0.25, 0.3) is 0 Å². The predicted octanol–water partition coefficient (Wildman–Crippen LogP) is 3.02. The average molecular weight is 284 g/mol. The van der Waals surface area contributed by atoms with Crippen LogP contribution in [0.15, 0.2) is 42.5 Å². The average Bonchev–Trinajstić information content (AvgIpc) is 2.52. The normalized spacial score (nSPS) is 9.48. The van der Waals surface area contributed by atoms with Gasteiger partial charge in [-0.25, -0.2) is 9.18 Å². The molecule has 0 amide bonds. The van der Waals surface area contributed by atoms with Crippen LogP contribution >= 0.6 is 0 Å². The molecular formula is C17H13FO3. The number of benzene rings is 2. The van der Waals surface area contributed by atoms with Gasteiger partial charge in [0.1, 0.15) is 11.6 Å². The molecule has 2 aromatic rings. The second-order valence-electron chi connectivity index (χ2n) is 4.16. The molecule has 0 radical (unpaired) electrons. The van der Waals surface area contributed by atoms with Crippen molar-refractivity contribution in [2.75, 3.05) is 14.2 Å². The number of ether oxygens (including phenoxy) is 2. The first kappa shape index (κ1) is 14.6. The summed E-state index contributed by atoms with van der Waals surface area (Å²) in [6, 6.07) is 10.9. The molecule has 2 rings (SSSR count). The number of hydrogen-bond donors (Lipinski definition) is 0. The smallest absolute Gasteiger partial charge is 0.339 e. The monoisotopic (exact) mass is 284 g/mol. The maximum atomic E-state index is 13.3. The zero-order chi connectivity index (χ0) is 15.2. The van der Waals surface area contributed by atoms with Crippen molar-refractivity contribution < 1.29 is 18.7 Å². The van der Waals surface area contributed by atoms with Gasteiger partial charge in [-0.15, -0.1) is 0 Å². The number of hydrogen-bond acceptors (Lipinski definition) is 3. The van der Waals surface area contributed by atoms with Gasteiger partial charge in [0.2, 0.25) is 0 Å². The Hall–Kier alpha value is -2.80. The number of rotatable bonds is 2. The summed E-state index contributed by atoms with van der Waals surface area (Å²) in [4.78, 5) is 11.6. The van der Waals surface area contributed by atoms with Crippen LogP contribution in [0.25, 0.3) is 0 Å². The fourth-order valence-electron chi connectivity index (χ4n) is 1.72. The summed E-state index contributed by atoms with van der Waals surface area (Å²) < 4.78 is 23.0. The first-order valence-corrected chi connectivity index (χ1v) is 6.18. The largest absolute Gasteiger partial charge is 0.497 e. The minimum Gasteiger partial charge on any atom is -0.497 e.